The van der Waals surface area contributed by atoms with Crippen LogP contribution in [0.2, 0.25) is 0 Å². The highest BCUT2D eigenvalue weighted by Gasteiger charge is 2.65. The van der Waals surface area contributed by atoms with Gasteiger partial charge in [-0.25, -0.2) is 0 Å². The van der Waals surface area contributed by atoms with Crippen LogP contribution in [0.3, 0.4) is 0 Å². The summed E-state index contributed by atoms with van der Waals surface area (Å²) in [5.74, 6) is -0.341. The molecule has 2 aliphatic rings. The normalized spacial score (nSPS) is 36.4. The zero-order valence-electron chi connectivity index (χ0n) is 19.6. The van der Waals surface area contributed by atoms with Crippen LogP contribution in [0.5, 0.6) is 0 Å². The Labute approximate surface area is 178 Å². The van der Waals surface area contributed by atoms with Crippen molar-refractivity contribution in [2.45, 2.75) is 99.2 Å². The van der Waals surface area contributed by atoms with Gasteiger partial charge in [0.05, 0.1) is 23.5 Å². The van der Waals surface area contributed by atoms with Gasteiger partial charge in [0.15, 0.2) is 0 Å². The van der Waals surface area contributed by atoms with Crippen molar-refractivity contribution in [1.82, 2.24) is 0 Å². The number of Topliss-reactive ketones (excluding diaryl/α,β-unsaturated/α-hetero) is 1. The van der Waals surface area contributed by atoms with Crippen LogP contribution in [0, 0.1) is 22.7 Å². The second-order valence-electron chi connectivity index (χ2n) is 10.5. The Bertz CT molecular complexity index is 689. The maximum atomic E-state index is 13.8. The van der Waals surface area contributed by atoms with Crippen LogP contribution in [-0.2, 0) is 4.79 Å². The number of hydrogen-bond donors (Lipinski definition) is 2. The number of rotatable bonds is 7. The number of carbonyl (C=O) groups excluding carboxylic acids is 1. The fraction of sp³-hybridized carbons (Fsp3) is 0.731. The zero-order chi connectivity index (χ0) is 22.0. The molecular weight excluding hydrogens is 360 g/mol. The largest absolute Gasteiger partial charge is 0.392 e. The third-order valence-electron chi connectivity index (χ3n) is 7.44. The van der Waals surface area contributed by atoms with Crippen LogP contribution in [0.1, 0.15) is 87.0 Å². The van der Waals surface area contributed by atoms with E-state index >= 15 is 0 Å². The summed E-state index contributed by atoms with van der Waals surface area (Å²) in [6.45, 7) is 14.5. The first-order chi connectivity index (χ1) is 13.5. The van der Waals surface area contributed by atoms with Crippen molar-refractivity contribution in [3.8, 4) is 0 Å². The summed E-state index contributed by atoms with van der Waals surface area (Å²) in [5.41, 5.74) is 2.49. The quantitative estimate of drug-likeness (QED) is 0.532. The Morgan fingerprint density at radius 1 is 1.00 bits per heavy atom. The summed E-state index contributed by atoms with van der Waals surface area (Å²) in [6, 6.07) is 0. The molecule has 0 aromatic heterocycles. The van der Waals surface area contributed by atoms with Crippen LogP contribution >= 0.6 is 0 Å². The fourth-order valence-corrected chi connectivity index (χ4v) is 5.67. The number of hydrogen-bond acceptors (Lipinski definition) is 3. The molecule has 3 nitrogen and oxygen atoms in total. The molecule has 0 aromatic carbocycles. The van der Waals surface area contributed by atoms with E-state index in [9.17, 15) is 15.0 Å². The van der Waals surface area contributed by atoms with Crippen molar-refractivity contribution >= 4 is 5.78 Å². The molecule has 6 atom stereocenters. The van der Waals surface area contributed by atoms with Crippen LogP contribution < -0.4 is 0 Å². The summed E-state index contributed by atoms with van der Waals surface area (Å²) < 4.78 is 0. The molecule has 0 aliphatic heterocycles. The molecule has 3 heteroatoms. The van der Waals surface area contributed by atoms with E-state index in [1.54, 1.807) is 0 Å². The molecule has 2 N–H and O–H groups in total. The molecule has 1 unspecified atom stereocenters. The summed E-state index contributed by atoms with van der Waals surface area (Å²) >= 11 is 0. The first kappa shape index (κ1) is 24.1. The van der Waals surface area contributed by atoms with E-state index in [4.69, 9.17) is 0 Å². The van der Waals surface area contributed by atoms with Crippen molar-refractivity contribution in [1.29, 1.82) is 0 Å². The van der Waals surface area contributed by atoms with Crippen molar-refractivity contribution in [2.24, 2.45) is 22.7 Å². The van der Waals surface area contributed by atoms with Gasteiger partial charge in [0.25, 0.3) is 0 Å². The van der Waals surface area contributed by atoms with Gasteiger partial charge in [-0.2, -0.15) is 0 Å². The average Bonchev–Trinajstić information content (AvgIpc) is 2.59. The Morgan fingerprint density at radius 2 is 1.59 bits per heavy atom. The predicted molar refractivity (Wildman–Crippen MR) is 121 cm³/mol. The lowest BCUT2D eigenvalue weighted by Gasteiger charge is -2.60. The number of carbonyl (C=O) groups is 1. The van der Waals surface area contributed by atoms with E-state index in [0.717, 1.165) is 19.3 Å². The van der Waals surface area contributed by atoms with Gasteiger partial charge in [0, 0.05) is 0 Å². The lowest BCUT2D eigenvalue weighted by molar-refractivity contribution is -0.196. The maximum Gasteiger partial charge on any atom is 0.148 e. The van der Waals surface area contributed by atoms with Crippen LogP contribution in [0.25, 0.3) is 0 Å². The highest BCUT2D eigenvalue weighted by atomic mass is 16.3. The Morgan fingerprint density at radius 3 is 2.14 bits per heavy atom. The SMILES string of the molecule is CC(C)=CCC[C@]1(C)[C@@H](CC=C(C)C)C(O)[C@@]2(CC=C(C)C)CC[C@@H](O)[C@@H]1C2=O. The third kappa shape index (κ3) is 4.77. The van der Waals surface area contributed by atoms with Gasteiger partial charge in [-0.05, 0) is 91.4 Å². The number of aliphatic hydroxyl groups is 2. The topological polar surface area (TPSA) is 57.5 Å². The molecule has 0 radical (unpaired) electrons. The highest BCUT2D eigenvalue weighted by Crippen LogP contribution is 2.60. The van der Waals surface area contributed by atoms with Gasteiger partial charge >= 0.3 is 0 Å². The minimum Gasteiger partial charge on any atom is -0.392 e. The molecule has 0 saturated heterocycles. The number of fused-ring (bicyclic) bond motifs is 2. The van der Waals surface area contributed by atoms with Crippen LogP contribution in [0.4, 0.5) is 0 Å². The van der Waals surface area contributed by atoms with E-state index in [-0.39, 0.29) is 11.7 Å². The van der Waals surface area contributed by atoms with E-state index in [2.05, 4.69) is 52.8 Å². The maximum absolute atomic E-state index is 13.8. The van der Waals surface area contributed by atoms with Gasteiger partial charge in [0.2, 0.25) is 0 Å². The molecule has 2 saturated carbocycles. The third-order valence-corrected chi connectivity index (χ3v) is 7.44. The minimum atomic E-state index is -0.753. The molecule has 2 aliphatic carbocycles. The van der Waals surface area contributed by atoms with E-state index in [1.807, 2.05) is 13.8 Å². The molecular formula is C26H42O3. The van der Waals surface area contributed by atoms with Crippen molar-refractivity contribution in [3.05, 3.63) is 34.9 Å². The average molecular weight is 403 g/mol. The lowest BCUT2D eigenvalue weighted by atomic mass is 9.44. The molecule has 2 rings (SSSR count). The van der Waals surface area contributed by atoms with Gasteiger partial charge in [-0.15, -0.1) is 0 Å². The fourth-order valence-electron chi connectivity index (χ4n) is 5.67. The zero-order valence-corrected chi connectivity index (χ0v) is 19.6. The van der Waals surface area contributed by atoms with Gasteiger partial charge in [0.1, 0.15) is 5.78 Å². The number of ketones is 1. The summed E-state index contributed by atoms with van der Waals surface area (Å²) in [6.07, 6.45) is 9.39. The molecule has 29 heavy (non-hydrogen) atoms. The van der Waals surface area contributed by atoms with Crippen molar-refractivity contribution < 1.29 is 15.0 Å². The van der Waals surface area contributed by atoms with Crippen molar-refractivity contribution in [2.75, 3.05) is 0 Å². The first-order valence-electron chi connectivity index (χ1n) is 11.3. The van der Waals surface area contributed by atoms with Gasteiger partial charge < -0.3 is 10.2 Å². The molecule has 2 bridgehead atoms. The van der Waals surface area contributed by atoms with Crippen molar-refractivity contribution in [3.63, 3.8) is 0 Å². The first-order valence-corrected chi connectivity index (χ1v) is 11.3. The number of allylic oxidation sites excluding steroid dienone is 6. The Hall–Kier alpha value is -1.19. The van der Waals surface area contributed by atoms with E-state index in [0.29, 0.717) is 19.3 Å². The molecule has 0 aromatic rings. The summed E-state index contributed by atoms with van der Waals surface area (Å²) in [5, 5.41) is 22.6. The number of aliphatic hydroxyl groups excluding tert-OH is 2. The predicted octanol–water partition coefficient (Wildman–Crippen LogP) is 5.77. The van der Waals surface area contributed by atoms with E-state index in [1.165, 1.54) is 16.7 Å². The smallest absolute Gasteiger partial charge is 0.148 e. The molecule has 2 fully saturated rings. The molecule has 0 spiro atoms. The highest BCUT2D eigenvalue weighted by molar-refractivity contribution is 5.91. The molecule has 0 amide bonds. The van der Waals surface area contributed by atoms with Crippen LogP contribution in [-0.4, -0.2) is 28.2 Å². The molecule has 0 heterocycles. The second kappa shape index (κ2) is 9.31. The second-order valence-corrected chi connectivity index (χ2v) is 10.5. The molecule has 164 valence electrons. The standard InChI is InChI=1S/C26H42O3/c1-17(2)9-8-14-25(7)20(11-10-18(3)4)23(28)26(15-12-19(5)6)16-13-21(27)22(25)24(26)29/h9-10,12,20-23,27-28H,8,11,13-16H2,1-7H3/t20-,21+,22+,23?,25+,26+/m0/s1. The van der Waals surface area contributed by atoms with E-state index < -0.39 is 29.0 Å². The minimum absolute atomic E-state index is 0.0359. The van der Waals surface area contributed by atoms with Crippen LogP contribution in [0.15, 0.2) is 34.9 Å². The summed E-state index contributed by atoms with van der Waals surface area (Å²) in [4.78, 5) is 13.8. The Kier molecular flexibility index (Phi) is 7.73. The van der Waals surface area contributed by atoms with Gasteiger partial charge in [-0.1, -0.05) is 41.9 Å². The lowest BCUT2D eigenvalue weighted by Crippen LogP contribution is -2.66. The Balaban J connectivity index is 2.54. The van der Waals surface area contributed by atoms with Gasteiger partial charge in [-0.3, -0.25) is 4.79 Å². The summed E-state index contributed by atoms with van der Waals surface area (Å²) in [7, 11) is 0. The monoisotopic (exact) mass is 402 g/mol.